The van der Waals surface area contributed by atoms with Crippen LogP contribution in [0, 0.1) is 0 Å². The monoisotopic (exact) mass is 268 g/mol. The second kappa shape index (κ2) is 5.35. The molecule has 0 unspecified atom stereocenters. The number of anilines is 1. The summed E-state index contributed by atoms with van der Waals surface area (Å²) in [7, 11) is 0. The van der Waals surface area contributed by atoms with Gasteiger partial charge in [0.1, 0.15) is 18.4 Å². The van der Waals surface area contributed by atoms with Gasteiger partial charge in [0.2, 0.25) is 0 Å². The fraction of sp³-hybridized carbons (Fsp3) is 0.0769. The first-order chi connectivity index (χ1) is 9.83. The van der Waals surface area contributed by atoms with Crippen LogP contribution in [0.15, 0.2) is 49.3 Å². The third-order valence-electron chi connectivity index (χ3n) is 2.69. The summed E-state index contributed by atoms with van der Waals surface area (Å²) >= 11 is 0. The number of aromatic nitrogens is 5. The van der Waals surface area contributed by atoms with Gasteiger partial charge in [0.15, 0.2) is 5.82 Å². The van der Waals surface area contributed by atoms with Crippen molar-refractivity contribution in [2.24, 2.45) is 0 Å². The van der Waals surface area contributed by atoms with Crippen molar-refractivity contribution in [1.82, 2.24) is 24.7 Å². The van der Waals surface area contributed by atoms with Gasteiger partial charge >= 0.3 is 0 Å². The fourth-order valence-electron chi connectivity index (χ4n) is 1.74. The first kappa shape index (κ1) is 12.1. The summed E-state index contributed by atoms with van der Waals surface area (Å²) < 4.78 is 1.59. The van der Waals surface area contributed by atoms with E-state index in [1.807, 2.05) is 12.1 Å². The molecule has 0 aliphatic rings. The first-order valence-electron chi connectivity index (χ1n) is 6.01. The van der Waals surface area contributed by atoms with Crippen LogP contribution in [-0.4, -0.2) is 29.8 Å². The molecule has 100 valence electrons. The lowest BCUT2D eigenvalue weighted by Crippen LogP contribution is -2.07. The summed E-state index contributed by atoms with van der Waals surface area (Å²) in [6, 6.07) is 7.11. The molecular weight excluding hydrogens is 256 g/mol. The van der Waals surface area contributed by atoms with Crippen LogP contribution in [0.3, 0.4) is 0 Å². The van der Waals surface area contributed by atoms with Crippen LogP contribution in [-0.2, 0) is 6.54 Å². The van der Waals surface area contributed by atoms with E-state index >= 15 is 0 Å². The second-order valence-electron chi connectivity index (χ2n) is 4.08. The Hall–Kier alpha value is -2.96. The summed E-state index contributed by atoms with van der Waals surface area (Å²) in [5.41, 5.74) is 1.64. The quantitative estimate of drug-likeness (QED) is 0.743. The molecule has 3 rings (SSSR count). The number of nitrogens with one attached hydrogen (secondary N) is 1. The summed E-state index contributed by atoms with van der Waals surface area (Å²) in [4.78, 5) is 12.3. The third-order valence-corrected chi connectivity index (χ3v) is 2.69. The highest BCUT2D eigenvalue weighted by atomic mass is 16.3. The maximum absolute atomic E-state index is 9.20. The highest BCUT2D eigenvalue weighted by molar-refractivity contribution is 5.56. The van der Waals surface area contributed by atoms with Gasteiger partial charge in [-0.15, -0.1) is 0 Å². The predicted octanol–water partition coefficient (Wildman–Crippen LogP) is 1.38. The van der Waals surface area contributed by atoms with Gasteiger partial charge in [-0.3, -0.25) is 4.98 Å². The zero-order valence-corrected chi connectivity index (χ0v) is 10.5. The van der Waals surface area contributed by atoms with Crippen LogP contribution in [0.1, 0.15) is 5.69 Å². The predicted molar refractivity (Wildman–Crippen MR) is 72.4 cm³/mol. The first-order valence-corrected chi connectivity index (χ1v) is 6.01. The van der Waals surface area contributed by atoms with Crippen molar-refractivity contribution in [3.63, 3.8) is 0 Å². The number of pyridine rings is 2. The minimum atomic E-state index is 0.151. The molecule has 0 aliphatic heterocycles. The van der Waals surface area contributed by atoms with Gasteiger partial charge in [-0.25, -0.2) is 14.6 Å². The fourth-order valence-corrected chi connectivity index (χ4v) is 1.74. The molecule has 0 saturated heterocycles. The van der Waals surface area contributed by atoms with E-state index < -0.39 is 0 Å². The van der Waals surface area contributed by atoms with Crippen molar-refractivity contribution in [3.8, 4) is 11.6 Å². The molecule has 3 heterocycles. The van der Waals surface area contributed by atoms with E-state index in [0.29, 0.717) is 12.4 Å². The molecule has 0 aliphatic carbocycles. The van der Waals surface area contributed by atoms with Crippen molar-refractivity contribution >= 4 is 5.69 Å². The van der Waals surface area contributed by atoms with Crippen LogP contribution in [0.4, 0.5) is 5.69 Å². The summed E-state index contributed by atoms with van der Waals surface area (Å²) in [6.45, 7) is 0.521. The van der Waals surface area contributed by atoms with E-state index in [9.17, 15) is 5.11 Å². The van der Waals surface area contributed by atoms with Gasteiger partial charge in [0, 0.05) is 6.20 Å². The van der Waals surface area contributed by atoms with E-state index in [0.717, 1.165) is 11.4 Å². The Labute approximate surface area is 115 Å². The largest absolute Gasteiger partial charge is 0.506 e. The number of hydrogen-bond acceptors (Lipinski definition) is 6. The Kier molecular flexibility index (Phi) is 3.24. The Morgan fingerprint density at radius 3 is 2.90 bits per heavy atom. The Bertz CT molecular complexity index is 680. The minimum Gasteiger partial charge on any atom is -0.506 e. The number of aromatic hydroxyl groups is 1. The minimum absolute atomic E-state index is 0.151. The topological polar surface area (TPSA) is 88.8 Å². The van der Waals surface area contributed by atoms with E-state index in [1.54, 1.807) is 29.3 Å². The zero-order valence-electron chi connectivity index (χ0n) is 10.5. The molecule has 20 heavy (non-hydrogen) atoms. The number of hydrogen-bond donors (Lipinski definition) is 2. The van der Waals surface area contributed by atoms with E-state index in [4.69, 9.17) is 0 Å². The molecule has 7 nitrogen and oxygen atoms in total. The SMILES string of the molecule is Oc1ccc(CNc2cccnc2-n2cncn2)nc1. The molecule has 0 radical (unpaired) electrons. The van der Waals surface area contributed by atoms with Crippen molar-refractivity contribution in [3.05, 3.63) is 55.0 Å². The molecule has 0 bridgehead atoms. The molecule has 3 aromatic heterocycles. The lowest BCUT2D eigenvalue weighted by atomic mass is 10.3. The van der Waals surface area contributed by atoms with Crippen LogP contribution in [0.2, 0.25) is 0 Å². The Morgan fingerprint density at radius 1 is 1.20 bits per heavy atom. The smallest absolute Gasteiger partial charge is 0.178 e. The van der Waals surface area contributed by atoms with Crippen molar-refractivity contribution in [2.45, 2.75) is 6.54 Å². The summed E-state index contributed by atoms with van der Waals surface area (Å²) in [5, 5.41) is 16.5. The van der Waals surface area contributed by atoms with E-state index in [-0.39, 0.29) is 5.75 Å². The maximum atomic E-state index is 9.20. The molecule has 0 amide bonds. The van der Waals surface area contributed by atoms with Crippen LogP contribution < -0.4 is 5.32 Å². The van der Waals surface area contributed by atoms with Crippen molar-refractivity contribution < 1.29 is 5.11 Å². The highest BCUT2D eigenvalue weighted by Gasteiger charge is 2.06. The van der Waals surface area contributed by atoms with Gasteiger partial charge in [0.05, 0.1) is 24.1 Å². The Balaban J connectivity index is 1.79. The highest BCUT2D eigenvalue weighted by Crippen LogP contribution is 2.16. The number of nitrogens with zero attached hydrogens (tertiary/aromatic N) is 5. The van der Waals surface area contributed by atoms with Crippen LogP contribution in [0.5, 0.6) is 5.75 Å². The van der Waals surface area contributed by atoms with Crippen LogP contribution in [0.25, 0.3) is 5.82 Å². The lowest BCUT2D eigenvalue weighted by molar-refractivity contribution is 0.472. The van der Waals surface area contributed by atoms with Crippen molar-refractivity contribution in [1.29, 1.82) is 0 Å². The molecule has 0 spiro atoms. The average Bonchev–Trinajstić information content (AvgIpc) is 3.01. The van der Waals surface area contributed by atoms with E-state index in [1.165, 1.54) is 12.5 Å². The van der Waals surface area contributed by atoms with Gasteiger partial charge in [-0.05, 0) is 24.3 Å². The summed E-state index contributed by atoms with van der Waals surface area (Å²) in [5.74, 6) is 0.821. The van der Waals surface area contributed by atoms with Crippen molar-refractivity contribution in [2.75, 3.05) is 5.32 Å². The molecule has 0 fully saturated rings. The Morgan fingerprint density at radius 2 is 2.15 bits per heavy atom. The molecule has 3 aromatic rings. The lowest BCUT2D eigenvalue weighted by Gasteiger charge is -2.10. The molecule has 7 heteroatoms. The normalized spacial score (nSPS) is 10.4. The average molecular weight is 268 g/mol. The second-order valence-corrected chi connectivity index (χ2v) is 4.08. The number of rotatable bonds is 4. The molecule has 0 atom stereocenters. The van der Waals surface area contributed by atoms with E-state index in [2.05, 4.69) is 25.4 Å². The molecular formula is C13H12N6O. The summed E-state index contributed by atoms with van der Waals surface area (Å²) in [6.07, 6.45) is 6.16. The van der Waals surface area contributed by atoms with Gasteiger partial charge in [0.25, 0.3) is 0 Å². The van der Waals surface area contributed by atoms with Gasteiger partial charge in [-0.2, -0.15) is 5.10 Å². The third kappa shape index (κ3) is 2.56. The van der Waals surface area contributed by atoms with Gasteiger partial charge in [-0.1, -0.05) is 0 Å². The standard InChI is InChI=1S/C13H12N6O/c20-11-4-3-10(16-7-11)6-17-12-2-1-5-15-13(12)19-9-14-8-18-19/h1-5,7-9,17,20H,6H2. The maximum Gasteiger partial charge on any atom is 0.178 e. The molecule has 0 saturated carbocycles. The van der Waals surface area contributed by atoms with Crippen LogP contribution >= 0.6 is 0 Å². The van der Waals surface area contributed by atoms with Gasteiger partial charge < -0.3 is 10.4 Å². The molecule has 2 N–H and O–H groups in total. The zero-order chi connectivity index (χ0) is 13.8. The molecule has 0 aromatic carbocycles.